The van der Waals surface area contributed by atoms with Gasteiger partial charge in [-0.2, -0.15) is 0 Å². The first-order valence-corrected chi connectivity index (χ1v) is 7.35. The van der Waals surface area contributed by atoms with Crippen LogP contribution in [-0.2, 0) is 14.9 Å². The number of nitrogens with zero attached hydrogens (tertiary/aromatic N) is 1. The zero-order valence-electron chi connectivity index (χ0n) is 13.1. The maximum atomic E-state index is 12.3. The Kier molecular flexibility index (Phi) is 5.01. The van der Waals surface area contributed by atoms with Crippen molar-refractivity contribution in [2.24, 2.45) is 0 Å². The first-order valence-electron chi connectivity index (χ1n) is 6.97. The summed E-state index contributed by atoms with van der Waals surface area (Å²) in [5, 5.41) is 2.89. The quantitative estimate of drug-likeness (QED) is 0.688. The van der Waals surface area contributed by atoms with Gasteiger partial charge in [-0.25, -0.2) is 4.98 Å². The van der Waals surface area contributed by atoms with Crippen molar-refractivity contribution in [2.45, 2.75) is 19.3 Å². The van der Waals surface area contributed by atoms with Crippen LogP contribution in [0, 0.1) is 0 Å². The molecule has 1 aromatic carbocycles. The van der Waals surface area contributed by atoms with Crippen LogP contribution < -0.4 is 5.32 Å². The molecule has 0 saturated heterocycles. The van der Waals surface area contributed by atoms with Crippen LogP contribution in [0.15, 0.2) is 42.6 Å². The molecule has 0 atom stereocenters. The molecule has 0 aliphatic carbocycles. The summed E-state index contributed by atoms with van der Waals surface area (Å²) in [6.45, 7) is 3.52. The number of amides is 1. The summed E-state index contributed by atoms with van der Waals surface area (Å²) in [6, 6.07) is 10.3. The predicted molar refractivity (Wildman–Crippen MR) is 88.7 cm³/mol. The summed E-state index contributed by atoms with van der Waals surface area (Å²) in [6.07, 6.45) is 1.51. The number of pyridine rings is 1. The van der Waals surface area contributed by atoms with Crippen molar-refractivity contribution in [2.75, 3.05) is 12.4 Å². The van der Waals surface area contributed by atoms with Crippen LogP contribution in [0.2, 0.25) is 5.15 Å². The number of aromatic nitrogens is 1. The lowest BCUT2D eigenvalue weighted by atomic mass is 9.84. The van der Waals surface area contributed by atoms with E-state index in [0.717, 1.165) is 5.56 Å². The molecule has 120 valence electrons. The fourth-order valence-corrected chi connectivity index (χ4v) is 2.32. The Morgan fingerprint density at radius 3 is 2.61 bits per heavy atom. The van der Waals surface area contributed by atoms with Crippen molar-refractivity contribution in [3.05, 3.63) is 58.9 Å². The number of carbonyl (C=O) groups excluding carboxylic acids is 2. The van der Waals surface area contributed by atoms with Gasteiger partial charge in [0.05, 0.1) is 18.1 Å². The SMILES string of the molecule is COC(=O)C(C)(C)c1cccc(NC(=O)c2cccnc2Cl)c1. The van der Waals surface area contributed by atoms with Gasteiger partial charge in [0.25, 0.3) is 5.91 Å². The Labute approximate surface area is 139 Å². The Hall–Kier alpha value is -2.40. The second-order valence-corrected chi connectivity index (χ2v) is 5.85. The molecule has 1 amide bonds. The van der Waals surface area contributed by atoms with Gasteiger partial charge >= 0.3 is 5.97 Å². The zero-order valence-corrected chi connectivity index (χ0v) is 13.8. The minimum Gasteiger partial charge on any atom is -0.468 e. The number of methoxy groups -OCH3 is 1. The molecule has 0 saturated carbocycles. The third-order valence-corrected chi connectivity index (χ3v) is 3.84. The van der Waals surface area contributed by atoms with E-state index in [2.05, 4.69) is 10.3 Å². The predicted octanol–water partition coefficient (Wildman–Crippen LogP) is 3.44. The van der Waals surface area contributed by atoms with Crippen molar-refractivity contribution < 1.29 is 14.3 Å². The summed E-state index contributed by atoms with van der Waals surface area (Å²) in [5.74, 6) is -0.715. The van der Waals surface area contributed by atoms with Gasteiger partial charge in [0, 0.05) is 11.9 Å². The normalized spacial score (nSPS) is 11.0. The van der Waals surface area contributed by atoms with E-state index in [1.807, 2.05) is 6.07 Å². The summed E-state index contributed by atoms with van der Waals surface area (Å²) in [4.78, 5) is 28.0. The van der Waals surface area contributed by atoms with E-state index < -0.39 is 5.41 Å². The number of hydrogen-bond acceptors (Lipinski definition) is 4. The standard InChI is InChI=1S/C17H17ClN2O3/c1-17(2,16(22)23-3)11-6-4-7-12(10-11)20-15(21)13-8-5-9-19-14(13)18/h4-10H,1-3H3,(H,20,21). The molecule has 0 spiro atoms. The van der Waals surface area contributed by atoms with Crippen molar-refractivity contribution in [3.8, 4) is 0 Å². The van der Waals surface area contributed by atoms with Crippen LogP contribution in [-0.4, -0.2) is 24.0 Å². The molecule has 2 aromatic rings. The number of ether oxygens (including phenoxy) is 1. The highest BCUT2D eigenvalue weighted by atomic mass is 35.5. The molecular formula is C17H17ClN2O3. The first kappa shape index (κ1) is 17.0. The van der Waals surface area contributed by atoms with Gasteiger partial charge in [-0.3, -0.25) is 9.59 Å². The average molecular weight is 333 g/mol. The molecule has 1 aromatic heterocycles. The number of carbonyl (C=O) groups is 2. The highest BCUT2D eigenvalue weighted by molar-refractivity contribution is 6.33. The number of rotatable bonds is 4. The monoisotopic (exact) mass is 332 g/mol. The smallest absolute Gasteiger partial charge is 0.315 e. The van der Waals surface area contributed by atoms with E-state index in [0.29, 0.717) is 5.69 Å². The molecule has 6 heteroatoms. The molecule has 2 rings (SSSR count). The molecule has 0 aliphatic heterocycles. The molecule has 1 heterocycles. The molecular weight excluding hydrogens is 316 g/mol. The van der Waals surface area contributed by atoms with Crippen molar-refractivity contribution in [1.82, 2.24) is 4.98 Å². The van der Waals surface area contributed by atoms with Gasteiger partial charge in [-0.05, 0) is 43.7 Å². The third-order valence-electron chi connectivity index (χ3n) is 3.54. The fourth-order valence-electron chi connectivity index (χ4n) is 2.11. The van der Waals surface area contributed by atoms with E-state index in [1.54, 1.807) is 44.2 Å². The van der Waals surface area contributed by atoms with E-state index in [9.17, 15) is 9.59 Å². The van der Waals surface area contributed by atoms with Crippen molar-refractivity contribution in [3.63, 3.8) is 0 Å². The molecule has 0 unspecified atom stereocenters. The van der Waals surface area contributed by atoms with Gasteiger partial charge < -0.3 is 10.1 Å². The van der Waals surface area contributed by atoms with E-state index in [-0.39, 0.29) is 22.6 Å². The highest BCUT2D eigenvalue weighted by Crippen LogP contribution is 2.27. The molecule has 5 nitrogen and oxygen atoms in total. The van der Waals surface area contributed by atoms with Crippen LogP contribution in [0.1, 0.15) is 29.8 Å². The van der Waals surface area contributed by atoms with Crippen LogP contribution in [0.25, 0.3) is 0 Å². The van der Waals surface area contributed by atoms with Gasteiger partial charge in [0.15, 0.2) is 0 Å². The Morgan fingerprint density at radius 1 is 1.22 bits per heavy atom. The van der Waals surface area contributed by atoms with Gasteiger partial charge in [-0.1, -0.05) is 23.7 Å². The third kappa shape index (κ3) is 3.68. The number of nitrogens with one attached hydrogen (secondary N) is 1. The summed E-state index contributed by atoms with van der Waals surface area (Å²) in [7, 11) is 1.35. The maximum Gasteiger partial charge on any atom is 0.315 e. The molecule has 23 heavy (non-hydrogen) atoms. The lowest BCUT2D eigenvalue weighted by Crippen LogP contribution is -2.30. The minimum absolute atomic E-state index is 0.135. The number of benzene rings is 1. The lowest BCUT2D eigenvalue weighted by molar-refractivity contribution is -0.146. The average Bonchev–Trinajstić information content (AvgIpc) is 2.54. The van der Waals surface area contributed by atoms with Crippen LogP contribution >= 0.6 is 11.6 Å². The lowest BCUT2D eigenvalue weighted by Gasteiger charge is -2.22. The fraction of sp³-hybridized carbons (Fsp3) is 0.235. The molecule has 0 fully saturated rings. The summed E-state index contributed by atoms with van der Waals surface area (Å²) in [5.41, 5.74) is 0.761. The topological polar surface area (TPSA) is 68.3 Å². The number of halogens is 1. The van der Waals surface area contributed by atoms with Gasteiger partial charge in [0.2, 0.25) is 0 Å². The number of hydrogen-bond donors (Lipinski definition) is 1. The first-order chi connectivity index (χ1) is 10.9. The van der Waals surface area contributed by atoms with Crippen LogP contribution in [0.4, 0.5) is 5.69 Å². The minimum atomic E-state index is -0.818. The Balaban J connectivity index is 2.26. The largest absolute Gasteiger partial charge is 0.468 e. The number of anilines is 1. The van der Waals surface area contributed by atoms with Crippen LogP contribution in [0.3, 0.4) is 0 Å². The van der Waals surface area contributed by atoms with E-state index >= 15 is 0 Å². The van der Waals surface area contributed by atoms with Gasteiger partial charge in [-0.15, -0.1) is 0 Å². The van der Waals surface area contributed by atoms with E-state index in [4.69, 9.17) is 16.3 Å². The Bertz CT molecular complexity index is 744. The second kappa shape index (κ2) is 6.79. The molecule has 0 radical (unpaired) electrons. The summed E-state index contributed by atoms with van der Waals surface area (Å²) >= 11 is 5.92. The number of esters is 1. The molecule has 0 aliphatic rings. The second-order valence-electron chi connectivity index (χ2n) is 5.49. The van der Waals surface area contributed by atoms with Crippen molar-refractivity contribution in [1.29, 1.82) is 0 Å². The molecule has 0 bridgehead atoms. The molecule has 1 N–H and O–H groups in total. The zero-order chi connectivity index (χ0) is 17.0. The van der Waals surface area contributed by atoms with E-state index in [1.165, 1.54) is 13.3 Å². The Morgan fingerprint density at radius 2 is 1.96 bits per heavy atom. The maximum absolute atomic E-state index is 12.3. The van der Waals surface area contributed by atoms with Crippen LogP contribution in [0.5, 0.6) is 0 Å². The summed E-state index contributed by atoms with van der Waals surface area (Å²) < 4.78 is 4.82. The van der Waals surface area contributed by atoms with Gasteiger partial charge in [0.1, 0.15) is 5.15 Å². The van der Waals surface area contributed by atoms with Crippen molar-refractivity contribution >= 4 is 29.2 Å². The highest BCUT2D eigenvalue weighted by Gasteiger charge is 2.31.